The van der Waals surface area contributed by atoms with Gasteiger partial charge in [-0.05, 0) is 42.3 Å². The second-order valence-corrected chi connectivity index (χ2v) is 8.54. The molecular weight excluding hydrogens is 418 g/mol. The number of ether oxygens (including phenoxy) is 1. The molecule has 0 atom stereocenters. The van der Waals surface area contributed by atoms with Crippen LogP contribution in [0.4, 0.5) is 10.5 Å². The molecule has 0 radical (unpaired) electrons. The molecule has 0 bridgehead atoms. The maximum absolute atomic E-state index is 13.5. The summed E-state index contributed by atoms with van der Waals surface area (Å²) >= 11 is 0. The lowest BCUT2D eigenvalue weighted by Gasteiger charge is -2.33. The topological polar surface area (TPSA) is 73.3 Å². The quantitative estimate of drug-likeness (QED) is 0.687. The Hall–Kier alpha value is -3.00. The van der Waals surface area contributed by atoms with E-state index in [-0.39, 0.29) is 11.8 Å². The Morgan fingerprint density at radius 2 is 1.82 bits per heavy atom. The third kappa shape index (κ3) is 5.68. The molecule has 1 N–H and O–H groups in total. The monoisotopic (exact) mass is 449 g/mol. The Morgan fingerprint density at radius 3 is 2.48 bits per heavy atom. The van der Waals surface area contributed by atoms with Crippen molar-refractivity contribution in [2.45, 2.75) is 13.0 Å². The van der Waals surface area contributed by atoms with Crippen LogP contribution in [0.1, 0.15) is 27.9 Å². The van der Waals surface area contributed by atoms with Gasteiger partial charge in [-0.2, -0.15) is 0 Å². The lowest BCUT2D eigenvalue weighted by Crippen LogP contribution is -2.48. The van der Waals surface area contributed by atoms with Gasteiger partial charge in [-0.3, -0.25) is 9.69 Å². The maximum atomic E-state index is 13.5. The third-order valence-corrected chi connectivity index (χ3v) is 6.21. The molecule has 0 saturated carbocycles. The second-order valence-electron chi connectivity index (χ2n) is 8.54. The predicted octanol–water partition coefficient (Wildman–Crippen LogP) is 3.04. The number of ketones is 1. The normalized spacial score (nSPS) is 16.9. The van der Waals surface area contributed by atoms with Gasteiger partial charge in [0.05, 0.1) is 19.8 Å². The molecule has 2 heterocycles. The number of aliphatic hydroxyl groups is 1. The summed E-state index contributed by atoms with van der Waals surface area (Å²) in [4.78, 5) is 31.2. The van der Waals surface area contributed by atoms with Crippen molar-refractivity contribution in [3.63, 3.8) is 0 Å². The first-order chi connectivity index (χ1) is 16.0. The number of urea groups is 1. The van der Waals surface area contributed by atoms with Crippen molar-refractivity contribution in [1.82, 2.24) is 9.80 Å². The molecule has 1 saturated heterocycles. The van der Waals surface area contributed by atoms with Gasteiger partial charge in [0.15, 0.2) is 5.78 Å². The summed E-state index contributed by atoms with van der Waals surface area (Å²) in [5.74, 6) is -0.318. The molecule has 4 rings (SSSR count). The molecular formula is C26H31N3O4. The van der Waals surface area contributed by atoms with Crippen LogP contribution < -0.4 is 4.90 Å². The van der Waals surface area contributed by atoms with Crippen LogP contribution in [-0.4, -0.2) is 79.8 Å². The molecule has 2 aromatic rings. The molecule has 0 aromatic heterocycles. The first-order valence-corrected chi connectivity index (χ1v) is 11.4. The zero-order valence-corrected chi connectivity index (χ0v) is 19.1. The number of hydrogen-bond donors (Lipinski definition) is 1. The Morgan fingerprint density at radius 1 is 1.06 bits per heavy atom. The summed E-state index contributed by atoms with van der Waals surface area (Å²) in [6.07, 6.45) is 3.24. The Bertz CT molecular complexity index is 1010. The van der Waals surface area contributed by atoms with Gasteiger partial charge < -0.3 is 19.6 Å². The largest absolute Gasteiger partial charge is 0.388 e. The number of Topliss-reactive ketones (excluding diaryl/α,β-unsaturated/α-hetero) is 1. The molecule has 0 spiro atoms. The number of likely N-dealkylation sites (N-methyl/N-ethyl adjacent to an activating group) is 1. The van der Waals surface area contributed by atoms with Gasteiger partial charge in [0.25, 0.3) is 0 Å². The van der Waals surface area contributed by atoms with Gasteiger partial charge in [0, 0.05) is 37.4 Å². The number of carbonyl (C=O) groups excluding carboxylic acids is 2. The predicted molar refractivity (Wildman–Crippen MR) is 128 cm³/mol. The molecule has 2 aliphatic heterocycles. The van der Waals surface area contributed by atoms with Crippen molar-refractivity contribution < 1.29 is 19.4 Å². The van der Waals surface area contributed by atoms with Gasteiger partial charge in [0.1, 0.15) is 6.61 Å². The Labute approximate surface area is 194 Å². The lowest BCUT2D eigenvalue weighted by atomic mass is 9.99. The van der Waals surface area contributed by atoms with Crippen LogP contribution in [0.3, 0.4) is 0 Å². The highest BCUT2D eigenvalue weighted by molar-refractivity contribution is 5.97. The zero-order chi connectivity index (χ0) is 23.2. The maximum Gasteiger partial charge on any atom is 0.324 e. The van der Waals surface area contributed by atoms with Gasteiger partial charge in [-0.1, -0.05) is 42.5 Å². The molecule has 1 fully saturated rings. The fourth-order valence-electron chi connectivity index (χ4n) is 4.17. The smallest absolute Gasteiger partial charge is 0.324 e. The van der Waals surface area contributed by atoms with E-state index in [1.165, 1.54) is 5.57 Å². The van der Waals surface area contributed by atoms with E-state index in [4.69, 9.17) is 9.84 Å². The highest BCUT2D eigenvalue weighted by atomic mass is 16.5. The van der Waals surface area contributed by atoms with Crippen LogP contribution in [0.15, 0.2) is 54.6 Å². The lowest BCUT2D eigenvalue weighted by molar-refractivity contribution is 0.0548. The summed E-state index contributed by atoms with van der Waals surface area (Å²) in [5.41, 5.74) is 4.67. The van der Waals surface area contributed by atoms with Crippen LogP contribution in [-0.2, 0) is 11.3 Å². The molecule has 0 unspecified atom stereocenters. The molecule has 2 aliphatic rings. The molecule has 7 heteroatoms. The number of benzene rings is 2. The van der Waals surface area contributed by atoms with Crippen molar-refractivity contribution in [2.75, 3.05) is 57.9 Å². The summed E-state index contributed by atoms with van der Waals surface area (Å²) in [6.45, 7) is 4.03. The molecule has 2 aromatic carbocycles. The number of anilines is 1. The number of nitrogens with zero attached hydrogens (tertiary/aromatic N) is 3. The average Bonchev–Trinajstić information content (AvgIpc) is 2.88. The van der Waals surface area contributed by atoms with Crippen LogP contribution in [0.25, 0.3) is 5.57 Å². The van der Waals surface area contributed by atoms with E-state index < -0.39 is 6.61 Å². The van der Waals surface area contributed by atoms with E-state index in [9.17, 15) is 9.59 Å². The summed E-state index contributed by atoms with van der Waals surface area (Å²) in [7, 11) is 2.12. The van der Waals surface area contributed by atoms with Gasteiger partial charge in [0.2, 0.25) is 0 Å². The van der Waals surface area contributed by atoms with Crippen LogP contribution in [0, 0.1) is 0 Å². The minimum atomic E-state index is -0.514. The number of amides is 2. The standard InChI is InChI=1S/C26H31N3O4/c1-27-11-9-21(10-12-27)23-3-2-4-24(17-23)29(26(32)28-13-15-33-16-14-28)18-20-5-7-22(8-6-20)25(31)19-30/h2-9,17,30H,10-16,18-19H2,1H3. The van der Waals surface area contributed by atoms with Crippen molar-refractivity contribution in [3.8, 4) is 0 Å². The zero-order valence-electron chi connectivity index (χ0n) is 19.1. The van der Waals surface area contributed by atoms with E-state index in [0.29, 0.717) is 38.4 Å². The molecule has 0 aliphatic carbocycles. The third-order valence-electron chi connectivity index (χ3n) is 6.21. The van der Waals surface area contributed by atoms with E-state index in [0.717, 1.165) is 36.3 Å². The minimum Gasteiger partial charge on any atom is -0.388 e. The number of rotatable bonds is 6. The summed E-state index contributed by atoms with van der Waals surface area (Å²) in [5, 5.41) is 9.09. The first-order valence-electron chi connectivity index (χ1n) is 11.4. The SMILES string of the molecule is CN1CC=C(c2cccc(N(Cc3ccc(C(=O)CO)cc3)C(=O)N3CCOCC3)c2)CC1. The van der Waals surface area contributed by atoms with Crippen LogP contribution in [0.2, 0.25) is 0 Å². The Balaban J connectivity index is 1.62. The van der Waals surface area contributed by atoms with Crippen LogP contribution >= 0.6 is 0 Å². The molecule has 33 heavy (non-hydrogen) atoms. The fraction of sp³-hybridized carbons (Fsp3) is 0.385. The highest BCUT2D eigenvalue weighted by Gasteiger charge is 2.25. The first kappa shape index (κ1) is 23.2. The minimum absolute atomic E-state index is 0.0525. The van der Waals surface area contributed by atoms with E-state index in [1.807, 2.05) is 29.2 Å². The Kier molecular flexibility index (Phi) is 7.54. The van der Waals surface area contributed by atoms with Crippen LogP contribution in [0.5, 0.6) is 0 Å². The molecule has 174 valence electrons. The van der Waals surface area contributed by atoms with Gasteiger partial charge in [-0.25, -0.2) is 4.79 Å². The molecule has 2 amide bonds. The summed E-state index contributed by atoms with van der Waals surface area (Å²) in [6, 6.07) is 15.2. The fourth-order valence-corrected chi connectivity index (χ4v) is 4.17. The van der Waals surface area contributed by atoms with E-state index >= 15 is 0 Å². The average molecular weight is 450 g/mol. The number of aliphatic hydroxyl groups excluding tert-OH is 1. The van der Waals surface area contributed by atoms with Gasteiger partial charge in [-0.15, -0.1) is 0 Å². The van der Waals surface area contributed by atoms with Crippen molar-refractivity contribution in [1.29, 1.82) is 0 Å². The van der Waals surface area contributed by atoms with Crippen molar-refractivity contribution in [2.24, 2.45) is 0 Å². The van der Waals surface area contributed by atoms with E-state index in [1.54, 1.807) is 17.0 Å². The number of morpholine rings is 1. The number of carbonyl (C=O) groups is 2. The second kappa shape index (κ2) is 10.7. The highest BCUT2D eigenvalue weighted by Crippen LogP contribution is 2.27. The van der Waals surface area contributed by atoms with Crippen molar-refractivity contribution in [3.05, 3.63) is 71.3 Å². The van der Waals surface area contributed by atoms with Gasteiger partial charge >= 0.3 is 6.03 Å². The van der Waals surface area contributed by atoms with Crippen molar-refractivity contribution >= 4 is 23.1 Å². The van der Waals surface area contributed by atoms with E-state index in [2.05, 4.69) is 30.2 Å². The number of hydrogen-bond acceptors (Lipinski definition) is 5. The summed E-state index contributed by atoms with van der Waals surface area (Å²) < 4.78 is 5.43. The molecule has 7 nitrogen and oxygen atoms in total.